The van der Waals surface area contributed by atoms with Crippen LogP contribution in [0.4, 0.5) is 0 Å². The predicted octanol–water partition coefficient (Wildman–Crippen LogP) is 14.6. The molecule has 58 heavy (non-hydrogen) atoms. The lowest BCUT2D eigenvalue weighted by Gasteiger charge is -2.28. The molecule has 1 aliphatic heterocycles. The summed E-state index contributed by atoms with van der Waals surface area (Å²) < 4.78 is 0. The lowest BCUT2D eigenvalue weighted by molar-refractivity contribution is 0.510. The summed E-state index contributed by atoms with van der Waals surface area (Å²) in [5, 5.41) is 11.2. The monoisotopic (exact) mass is 762 g/mol. The van der Waals surface area contributed by atoms with E-state index in [4.69, 9.17) is 0 Å². The van der Waals surface area contributed by atoms with Gasteiger partial charge < -0.3 is 0 Å². The fraction of sp³-hybridized carbons (Fsp3) is 0.193. The summed E-state index contributed by atoms with van der Waals surface area (Å²) in [6, 6.07) is 54.0. The molecule has 0 N–H and O–H groups in total. The second-order valence-corrected chi connectivity index (χ2v) is 23.6. The molecule has 0 radical (unpaired) electrons. The van der Waals surface area contributed by atoms with Crippen LogP contribution in [0.3, 0.4) is 0 Å². The van der Waals surface area contributed by atoms with Gasteiger partial charge in [0, 0.05) is 11.3 Å². The van der Waals surface area contributed by atoms with Gasteiger partial charge >= 0.3 is 0 Å². The normalized spacial score (nSPS) is 17.3. The van der Waals surface area contributed by atoms with Gasteiger partial charge in [0.2, 0.25) is 0 Å². The smallest absolute Gasteiger partial charge is 0.0799 e. The third-order valence-corrected chi connectivity index (χ3v) is 17.7. The summed E-state index contributed by atoms with van der Waals surface area (Å²) in [4.78, 5) is 0. The number of hydrogen-bond acceptors (Lipinski definition) is 0. The summed E-state index contributed by atoms with van der Waals surface area (Å²) in [5.74, 6) is 0.266. The van der Waals surface area contributed by atoms with E-state index in [9.17, 15) is 0 Å². The maximum Gasteiger partial charge on any atom is 0.113 e. The van der Waals surface area contributed by atoms with Gasteiger partial charge in [-0.3, -0.25) is 0 Å². The Morgan fingerprint density at radius 1 is 0.534 bits per heavy atom. The van der Waals surface area contributed by atoms with Crippen LogP contribution in [-0.4, -0.2) is 8.07 Å². The zero-order chi connectivity index (χ0) is 39.7. The summed E-state index contributed by atoms with van der Waals surface area (Å²) in [6.07, 6.45) is 8.44. The Morgan fingerprint density at radius 2 is 1.21 bits per heavy atom. The largest absolute Gasteiger partial charge is 0.113 e. The van der Waals surface area contributed by atoms with E-state index >= 15 is 0 Å². The molecule has 3 aliphatic rings. The Labute approximate surface area is 344 Å². The van der Waals surface area contributed by atoms with Crippen LogP contribution in [0, 0.1) is 5.41 Å². The standard InChI is InChI=1S/C57H50Si/c1-56(2,3)39-27-23-36(24-28-39)54-45-30-26-37(38-25-29-42-41-18-10-12-21-50(41)57(4,5)51(42)32-38)31-47(45)55(44-20-14-16-35-15-8-9-17-40(35)44)49-34-53-46(33-48(49)54)43-19-11-13-22-52(43)58(53,6)7/h8-23,25-34,36H,24H2,1-7H3. The second kappa shape index (κ2) is 12.4. The Morgan fingerprint density at radius 3 is 2.02 bits per heavy atom. The first-order valence-corrected chi connectivity index (χ1v) is 24.2. The third kappa shape index (κ3) is 5.05. The molecular weight excluding hydrogens is 713 g/mol. The highest BCUT2D eigenvalue weighted by atomic mass is 28.3. The number of hydrogen-bond donors (Lipinski definition) is 0. The molecule has 1 heteroatoms. The molecule has 1 unspecified atom stereocenters. The van der Waals surface area contributed by atoms with Crippen molar-refractivity contribution in [3.63, 3.8) is 0 Å². The van der Waals surface area contributed by atoms with Crippen molar-refractivity contribution in [2.24, 2.45) is 5.41 Å². The summed E-state index contributed by atoms with van der Waals surface area (Å²) in [5.41, 5.74) is 16.6. The Hall–Kier alpha value is -5.76. The molecule has 0 saturated carbocycles. The average Bonchev–Trinajstić information content (AvgIpc) is 3.60. The van der Waals surface area contributed by atoms with Gasteiger partial charge in [0.1, 0.15) is 8.07 Å². The fourth-order valence-electron chi connectivity index (χ4n) is 11.0. The molecule has 0 bridgehead atoms. The van der Waals surface area contributed by atoms with E-state index in [2.05, 4.69) is 205 Å². The van der Waals surface area contributed by atoms with Crippen molar-refractivity contribution >= 4 is 50.8 Å². The van der Waals surface area contributed by atoms with E-state index in [1.54, 1.807) is 10.4 Å². The van der Waals surface area contributed by atoms with Crippen molar-refractivity contribution in [2.75, 3.05) is 0 Å². The van der Waals surface area contributed by atoms with Crippen LogP contribution in [0.5, 0.6) is 0 Å². The molecule has 0 aromatic heterocycles. The number of allylic oxidation sites excluding steroid dienone is 4. The van der Waals surface area contributed by atoms with Crippen LogP contribution < -0.4 is 10.4 Å². The highest BCUT2D eigenvalue weighted by molar-refractivity contribution is 7.04. The van der Waals surface area contributed by atoms with Crippen LogP contribution in [0.15, 0.2) is 163 Å². The van der Waals surface area contributed by atoms with Gasteiger partial charge in [-0.15, -0.1) is 0 Å². The molecule has 0 fully saturated rings. The Kier molecular flexibility index (Phi) is 7.55. The van der Waals surface area contributed by atoms with E-state index in [0.29, 0.717) is 0 Å². The van der Waals surface area contributed by atoms with Gasteiger partial charge in [-0.2, -0.15) is 0 Å². The van der Waals surface area contributed by atoms with Crippen LogP contribution in [0.2, 0.25) is 13.1 Å². The third-order valence-electron chi connectivity index (χ3n) is 14.2. The van der Waals surface area contributed by atoms with Crippen molar-refractivity contribution in [1.29, 1.82) is 0 Å². The quantitative estimate of drug-likeness (QED) is 0.124. The predicted molar refractivity (Wildman–Crippen MR) is 254 cm³/mol. The summed E-state index contributed by atoms with van der Waals surface area (Å²) in [7, 11) is -1.97. The fourth-order valence-corrected chi connectivity index (χ4v) is 14.1. The molecule has 0 amide bonds. The van der Waals surface area contributed by atoms with Gasteiger partial charge in [0.25, 0.3) is 0 Å². The summed E-state index contributed by atoms with van der Waals surface area (Å²) in [6.45, 7) is 16.9. The van der Waals surface area contributed by atoms with E-state index < -0.39 is 8.07 Å². The van der Waals surface area contributed by atoms with Crippen molar-refractivity contribution in [2.45, 2.75) is 65.5 Å². The summed E-state index contributed by atoms with van der Waals surface area (Å²) >= 11 is 0. The van der Waals surface area contributed by atoms with Crippen molar-refractivity contribution < 1.29 is 0 Å². The highest BCUT2D eigenvalue weighted by Crippen LogP contribution is 2.51. The molecule has 282 valence electrons. The van der Waals surface area contributed by atoms with Gasteiger partial charge in [-0.1, -0.05) is 187 Å². The number of rotatable bonds is 3. The zero-order valence-electron chi connectivity index (χ0n) is 34.8. The Balaban J connectivity index is 1.24. The van der Waals surface area contributed by atoms with E-state index in [0.717, 1.165) is 6.42 Å². The van der Waals surface area contributed by atoms with Crippen LogP contribution in [-0.2, 0) is 5.41 Å². The number of benzene rings is 8. The first-order chi connectivity index (χ1) is 27.9. The average molecular weight is 763 g/mol. The second-order valence-electron chi connectivity index (χ2n) is 19.2. The maximum atomic E-state index is 2.65. The first-order valence-electron chi connectivity index (χ1n) is 21.2. The van der Waals surface area contributed by atoms with E-state index in [1.807, 2.05) is 0 Å². The van der Waals surface area contributed by atoms with Crippen LogP contribution in [0.1, 0.15) is 63.6 Å². The molecule has 8 aromatic rings. The molecular formula is C57H50Si. The Bertz CT molecular complexity index is 3120. The van der Waals surface area contributed by atoms with Gasteiger partial charge in [0.15, 0.2) is 0 Å². The molecule has 0 nitrogen and oxygen atoms in total. The van der Waals surface area contributed by atoms with Gasteiger partial charge in [0.05, 0.1) is 0 Å². The minimum Gasteiger partial charge on any atom is -0.0799 e. The minimum atomic E-state index is -1.97. The van der Waals surface area contributed by atoms with Crippen LogP contribution in [0.25, 0.3) is 76.8 Å². The molecule has 2 aliphatic carbocycles. The van der Waals surface area contributed by atoms with Crippen molar-refractivity contribution in [3.05, 3.63) is 180 Å². The molecule has 0 spiro atoms. The lowest BCUT2D eigenvalue weighted by Crippen LogP contribution is -2.49. The molecule has 1 heterocycles. The number of fused-ring (bicyclic) bond motifs is 9. The van der Waals surface area contributed by atoms with Gasteiger partial charge in [-0.05, 0) is 139 Å². The zero-order valence-corrected chi connectivity index (χ0v) is 35.8. The lowest BCUT2D eigenvalue weighted by atomic mass is 9.76. The van der Waals surface area contributed by atoms with Crippen LogP contribution >= 0.6 is 0 Å². The van der Waals surface area contributed by atoms with Crippen molar-refractivity contribution in [3.8, 4) is 44.5 Å². The van der Waals surface area contributed by atoms with E-state index in [-0.39, 0.29) is 16.7 Å². The van der Waals surface area contributed by atoms with Crippen molar-refractivity contribution in [1.82, 2.24) is 0 Å². The molecule has 0 saturated heterocycles. The molecule has 8 aromatic carbocycles. The maximum absolute atomic E-state index is 2.65. The van der Waals surface area contributed by atoms with E-state index in [1.165, 1.54) is 99.1 Å². The highest BCUT2D eigenvalue weighted by Gasteiger charge is 2.39. The topological polar surface area (TPSA) is 0 Å². The SMILES string of the molecule is CC(C)(C)C1=CCC(c2c3ccc(-c4ccc5c(c4)C(C)(C)c4ccccc4-5)cc3c(-c3cccc4ccccc34)c3cc4c(cc23)-c2ccccc2[Si]4(C)C)C=C1. The molecule has 11 rings (SSSR count). The molecule has 1 atom stereocenters. The first kappa shape index (κ1) is 35.4. The van der Waals surface area contributed by atoms with Gasteiger partial charge in [-0.25, -0.2) is 0 Å². The minimum absolute atomic E-state index is 0.0579.